The number of rotatable bonds is 1. The van der Waals surface area contributed by atoms with Crippen molar-refractivity contribution >= 4 is 27.1 Å². The molecule has 1 aliphatic heterocycles. The van der Waals surface area contributed by atoms with Crippen molar-refractivity contribution in [2.45, 2.75) is 19.9 Å². The summed E-state index contributed by atoms with van der Waals surface area (Å²) in [4.78, 5) is 3.70. The molecular weight excluding hydrogens is 214 g/mol. The Morgan fingerprint density at radius 3 is 2.54 bits per heavy atom. The van der Waals surface area contributed by atoms with E-state index in [0.29, 0.717) is 0 Å². The third kappa shape index (κ3) is 1.94. The lowest BCUT2D eigenvalue weighted by atomic mass is 10.4. The van der Waals surface area contributed by atoms with E-state index in [1.807, 2.05) is 0 Å². The molecule has 1 aliphatic rings. The zero-order valence-electron chi connectivity index (χ0n) is 7.28. The van der Waals surface area contributed by atoms with Crippen LogP contribution in [0.2, 0.25) is 0 Å². The van der Waals surface area contributed by atoms with Gasteiger partial charge in [-0.1, -0.05) is 6.58 Å². The van der Waals surface area contributed by atoms with Crippen LogP contribution in [0.1, 0.15) is 13.8 Å². The topological polar surface area (TPSA) is 61.8 Å². The molecule has 0 fully saturated rings. The van der Waals surface area contributed by atoms with E-state index >= 15 is 0 Å². The first-order chi connectivity index (χ1) is 5.84. The molecule has 0 aromatic carbocycles. The average Bonchev–Trinajstić information content (AvgIpc) is 1.78. The third-order valence-corrected chi connectivity index (χ3v) is 3.36. The lowest BCUT2D eigenvalue weighted by molar-refractivity contribution is 0.463. The van der Waals surface area contributed by atoms with E-state index in [2.05, 4.69) is 16.3 Å². The summed E-state index contributed by atoms with van der Waals surface area (Å²) in [5.41, 5.74) is 0. The highest BCUT2D eigenvalue weighted by molar-refractivity contribution is 7.88. The Kier molecular flexibility index (Phi) is 2.53. The van der Waals surface area contributed by atoms with E-state index in [1.165, 1.54) is 0 Å². The third-order valence-electron chi connectivity index (χ3n) is 1.38. The standard InChI is InChI=1S/C6H10ClN3O2S/c1-4(2)10-6(7)8-5(3)9-13(10,11)12/h4,9H,3H2,1-2H3. The molecule has 0 amide bonds. The van der Waals surface area contributed by atoms with E-state index < -0.39 is 10.2 Å². The Balaban J connectivity index is 3.19. The molecule has 13 heavy (non-hydrogen) atoms. The summed E-state index contributed by atoms with van der Waals surface area (Å²) in [6, 6.07) is -0.276. The Hall–Kier alpha value is -0.750. The summed E-state index contributed by atoms with van der Waals surface area (Å²) >= 11 is 5.65. The van der Waals surface area contributed by atoms with Gasteiger partial charge in [-0.25, -0.2) is 9.30 Å². The second-order valence-electron chi connectivity index (χ2n) is 2.82. The predicted octanol–water partition coefficient (Wildman–Crippen LogP) is 0.611. The zero-order chi connectivity index (χ0) is 10.2. The number of nitrogens with one attached hydrogen (secondary N) is 1. The van der Waals surface area contributed by atoms with Crippen molar-refractivity contribution in [1.82, 2.24) is 9.03 Å². The highest BCUT2D eigenvalue weighted by Crippen LogP contribution is 2.16. The smallest absolute Gasteiger partial charge is 0.250 e. The molecule has 0 spiro atoms. The fourth-order valence-electron chi connectivity index (χ4n) is 0.971. The highest BCUT2D eigenvalue weighted by atomic mass is 35.5. The van der Waals surface area contributed by atoms with Gasteiger partial charge in [0.1, 0.15) is 5.82 Å². The normalized spacial score (nSPS) is 21.4. The summed E-state index contributed by atoms with van der Waals surface area (Å²) < 4.78 is 26.0. The lowest BCUT2D eigenvalue weighted by Gasteiger charge is -2.29. The number of halogens is 1. The van der Waals surface area contributed by atoms with Gasteiger partial charge in [0.05, 0.1) is 0 Å². The number of hydrogen-bond acceptors (Lipinski definition) is 3. The quantitative estimate of drug-likeness (QED) is 0.663. The van der Waals surface area contributed by atoms with Gasteiger partial charge in [-0.2, -0.15) is 8.42 Å². The van der Waals surface area contributed by atoms with E-state index in [-0.39, 0.29) is 17.2 Å². The average molecular weight is 224 g/mol. The van der Waals surface area contributed by atoms with Crippen molar-refractivity contribution in [3.05, 3.63) is 12.4 Å². The highest BCUT2D eigenvalue weighted by Gasteiger charge is 2.31. The van der Waals surface area contributed by atoms with Crippen molar-refractivity contribution < 1.29 is 8.42 Å². The molecule has 0 aromatic rings. The molecule has 1 heterocycles. The molecule has 0 saturated carbocycles. The molecule has 0 saturated heterocycles. The molecular formula is C6H10ClN3O2S. The number of hydrogen-bond donors (Lipinski definition) is 1. The molecule has 5 nitrogen and oxygen atoms in total. The van der Waals surface area contributed by atoms with E-state index in [9.17, 15) is 8.42 Å². The second kappa shape index (κ2) is 3.19. The van der Waals surface area contributed by atoms with Gasteiger partial charge >= 0.3 is 10.2 Å². The van der Waals surface area contributed by atoms with Gasteiger partial charge in [0.15, 0.2) is 0 Å². The first kappa shape index (κ1) is 10.3. The van der Waals surface area contributed by atoms with Gasteiger partial charge in [0.2, 0.25) is 5.29 Å². The molecule has 0 radical (unpaired) electrons. The van der Waals surface area contributed by atoms with Gasteiger partial charge in [-0.15, -0.1) is 0 Å². The van der Waals surface area contributed by atoms with Gasteiger partial charge in [-0.05, 0) is 25.4 Å². The van der Waals surface area contributed by atoms with Crippen molar-refractivity contribution in [3.8, 4) is 0 Å². The summed E-state index contributed by atoms with van der Waals surface area (Å²) in [5.74, 6) is 0.0295. The maximum absolute atomic E-state index is 11.4. The molecule has 1 rings (SSSR count). The van der Waals surface area contributed by atoms with Crippen LogP contribution in [0.15, 0.2) is 17.4 Å². The minimum absolute atomic E-state index is 0.0295. The summed E-state index contributed by atoms with van der Waals surface area (Å²) in [6.07, 6.45) is 0. The monoisotopic (exact) mass is 223 g/mol. The van der Waals surface area contributed by atoms with Crippen LogP contribution >= 0.6 is 11.6 Å². The van der Waals surface area contributed by atoms with E-state index in [0.717, 1.165) is 4.31 Å². The number of amidine groups is 1. The Labute approximate surface area is 82.3 Å². The van der Waals surface area contributed by atoms with Crippen LogP contribution in [-0.4, -0.2) is 24.1 Å². The van der Waals surface area contributed by atoms with Crippen LogP contribution < -0.4 is 4.72 Å². The minimum Gasteiger partial charge on any atom is -0.250 e. The maximum Gasteiger partial charge on any atom is 0.327 e. The molecule has 0 aromatic heterocycles. The van der Waals surface area contributed by atoms with Gasteiger partial charge in [-0.3, -0.25) is 4.72 Å². The van der Waals surface area contributed by atoms with Crippen molar-refractivity contribution in [3.63, 3.8) is 0 Å². The Bertz CT molecular complexity index is 360. The van der Waals surface area contributed by atoms with Crippen LogP contribution in [0.3, 0.4) is 0 Å². The molecule has 0 unspecified atom stereocenters. The largest absolute Gasteiger partial charge is 0.327 e. The molecule has 1 N–H and O–H groups in total. The van der Waals surface area contributed by atoms with Crippen molar-refractivity contribution in [2.75, 3.05) is 0 Å². The summed E-state index contributed by atoms with van der Waals surface area (Å²) in [7, 11) is -3.60. The SMILES string of the molecule is C=C1N=C(Cl)N(C(C)C)S(=O)(=O)N1. The first-order valence-corrected chi connectivity index (χ1v) is 5.41. The van der Waals surface area contributed by atoms with Gasteiger partial charge < -0.3 is 0 Å². The van der Waals surface area contributed by atoms with Gasteiger partial charge in [0, 0.05) is 6.04 Å². The predicted molar refractivity (Wildman–Crippen MR) is 51.5 cm³/mol. The van der Waals surface area contributed by atoms with Crippen LogP contribution in [0.5, 0.6) is 0 Å². The molecule has 0 aliphatic carbocycles. The molecule has 0 bridgehead atoms. The fourth-order valence-corrected chi connectivity index (χ4v) is 2.78. The van der Waals surface area contributed by atoms with Gasteiger partial charge in [0.25, 0.3) is 0 Å². The van der Waals surface area contributed by atoms with Crippen LogP contribution in [0, 0.1) is 0 Å². The summed E-state index contributed by atoms with van der Waals surface area (Å²) in [5, 5.41) is -0.0845. The fraction of sp³-hybridized carbons (Fsp3) is 0.500. The lowest BCUT2D eigenvalue weighted by Crippen LogP contribution is -2.48. The summed E-state index contributed by atoms with van der Waals surface area (Å²) in [6.45, 7) is 6.76. The van der Waals surface area contributed by atoms with Crippen LogP contribution in [0.4, 0.5) is 0 Å². The Morgan fingerprint density at radius 1 is 1.62 bits per heavy atom. The Morgan fingerprint density at radius 2 is 2.15 bits per heavy atom. The second-order valence-corrected chi connectivity index (χ2v) is 4.71. The van der Waals surface area contributed by atoms with Crippen molar-refractivity contribution in [2.24, 2.45) is 4.99 Å². The van der Waals surface area contributed by atoms with Crippen LogP contribution in [0.25, 0.3) is 0 Å². The van der Waals surface area contributed by atoms with Crippen molar-refractivity contribution in [1.29, 1.82) is 0 Å². The molecule has 0 atom stereocenters. The molecule has 7 heteroatoms. The number of nitrogens with zero attached hydrogens (tertiary/aromatic N) is 2. The maximum atomic E-state index is 11.4. The van der Waals surface area contributed by atoms with E-state index in [1.54, 1.807) is 13.8 Å². The first-order valence-electron chi connectivity index (χ1n) is 3.60. The minimum atomic E-state index is -3.60. The van der Waals surface area contributed by atoms with E-state index in [4.69, 9.17) is 11.6 Å². The zero-order valence-corrected chi connectivity index (χ0v) is 8.85. The van der Waals surface area contributed by atoms with Crippen LogP contribution in [-0.2, 0) is 10.2 Å². The molecule has 74 valence electrons. The number of aliphatic imine (C=N–C) groups is 1.